The molecule has 0 fully saturated rings. The third-order valence-corrected chi connectivity index (χ3v) is 4.18. The third-order valence-electron chi connectivity index (χ3n) is 2.79. The molecule has 0 atom stereocenters. The van der Waals surface area contributed by atoms with Crippen LogP contribution in [0.15, 0.2) is 12.4 Å². The van der Waals surface area contributed by atoms with Crippen LogP contribution in [0.2, 0.25) is 0 Å². The van der Waals surface area contributed by atoms with Crippen molar-refractivity contribution in [1.29, 1.82) is 0 Å². The van der Waals surface area contributed by atoms with Gasteiger partial charge in [0.2, 0.25) is 0 Å². The van der Waals surface area contributed by atoms with Crippen LogP contribution in [0.1, 0.15) is 0 Å². The van der Waals surface area contributed by atoms with E-state index in [1.54, 1.807) is 17.1 Å². The number of aromatic nitrogens is 3. The molecule has 0 radical (unpaired) electrons. The van der Waals surface area contributed by atoms with E-state index in [1.165, 1.54) is 0 Å². The molecule has 0 unspecified atom stereocenters. The van der Waals surface area contributed by atoms with Crippen LogP contribution >= 0.6 is 10.0 Å². The van der Waals surface area contributed by atoms with E-state index in [0.29, 0.717) is 18.2 Å². The van der Waals surface area contributed by atoms with E-state index >= 15 is 0 Å². The molecule has 0 aliphatic rings. The van der Waals surface area contributed by atoms with Crippen molar-refractivity contribution >= 4 is 32.4 Å². The highest BCUT2D eigenvalue weighted by Crippen LogP contribution is 2.33. The molecule has 106 valence electrons. The lowest BCUT2D eigenvalue weighted by atomic mass is 10.3. The van der Waals surface area contributed by atoms with E-state index in [2.05, 4.69) is 28.8 Å². The van der Waals surface area contributed by atoms with Crippen molar-refractivity contribution in [3.63, 3.8) is 0 Å². The second-order valence-corrected chi connectivity index (χ2v) is 9.93. The molecular formula is C12H21N5OS. The number of nitrogens with zero attached hydrogens (tertiary/aromatic N) is 3. The van der Waals surface area contributed by atoms with Gasteiger partial charge in [-0.3, -0.25) is 0 Å². The molecule has 0 aliphatic heterocycles. The molecule has 7 heteroatoms. The molecule has 2 rings (SSSR count). The fourth-order valence-corrected chi connectivity index (χ4v) is 2.32. The quantitative estimate of drug-likeness (QED) is 0.806. The summed E-state index contributed by atoms with van der Waals surface area (Å²) >= 11 is 0. The first-order valence-electron chi connectivity index (χ1n) is 5.98. The Balaban J connectivity index is 2.08. The van der Waals surface area contributed by atoms with Gasteiger partial charge < -0.3 is 16.2 Å². The lowest BCUT2D eigenvalue weighted by molar-refractivity contribution is 0.0841. The minimum absolute atomic E-state index is 0.382. The highest BCUT2D eigenvalue weighted by molar-refractivity contribution is 8.32. The van der Waals surface area contributed by atoms with E-state index in [4.69, 9.17) is 16.2 Å². The molecule has 4 N–H and O–H groups in total. The smallest absolute Gasteiger partial charge is 0.140 e. The summed E-state index contributed by atoms with van der Waals surface area (Å²) in [6, 6.07) is 0. The number of pyridine rings is 1. The van der Waals surface area contributed by atoms with Crippen molar-refractivity contribution in [1.82, 2.24) is 14.8 Å². The van der Waals surface area contributed by atoms with Gasteiger partial charge in [0.15, 0.2) is 0 Å². The van der Waals surface area contributed by atoms with E-state index in [-0.39, 0.29) is 0 Å². The van der Waals surface area contributed by atoms with Crippen molar-refractivity contribution in [2.75, 3.05) is 42.6 Å². The van der Waals surface area contributed by atoms with Crippen molar-refractivity contribution in [2.45, 2.75) is 6.73 Å². The van der Waals surface area contributed by atoms with Crippen molar-refractivity contribution in [3.05, 3.63) is 12.4 Å². The Labute approximate surface area is 114 Å². The van der Waals surface area contributed by atoms with Gasteiger partial charge in [0.25, 0.3) is 0 Å². The Hall–Kier alpha value is -1.47. The summed E-state index contributed by atoms with van der Waals surface area (Å²) in [5.74, 6) is 1.51. The van der Waals surface area contributed by atoms with E-state index in [9.17, 15) is 0 Å². The minimum atomic E-state index is -0.532. The number of fused-ring (bicyclic) bond motifs is 1. The Morgan fingerprint density at radius 3 is 2.68 bits per heavy atom. The summed E-state index contributed by atoms with van der Waals surface area (Å²) in [6.45, 7) is 1.10. The number of nitrogens with two attached hydrogens (primary N) is 2. The van der Waals surface area contributed by atoms with Gasteiger partial charge in [0, 0.05) is 5.75 Å². The second kappa shape index (κ2) is 5.26. The first-order chi connectivity index (χ1) is 8.88. The molecule has 2 aromatic heterocycles. The minimum Gasteiger partial charge on any atom is -0.396 e. The van der Waals surface area contributed by atoms with Gasteiger partial charge in [0.1, 0.15) is 12.5 Å². The molecule has 19 heavy (non-hydrogen) atoms. The van der Waals surface area contributed by atoms with Gasteiger partial charge in [0.05, 0.1) is 35.6 Å². The first kappa shape index (κ1) is 14.0. The molecule has 2 heterocycles. The van der Waals surface area contributed by atoms with Crippen LogP contribution in [-0.2, 0) is 11.5 Å². The average Bonchev–Trinajstić information content (AvgIpc) is 2.73. The topological polar surface area (TPSA) is 92.0 Å². The zero-order valence-corrected chi connectivity index (χ0v) is 12.4. The van der Waals surface area contributed by atoms with Gasteiger partial charge in [-0.05, 0) is 18.8 Å². The predicted molar refractivity (Wildman–Crippen MR) is 82.5 cm³/mol. The SMILES string of the molecule is CS(C)(C)CCOCn1ncc2c(N)ncc(N)c21. The van der Waals surface area contributed by atoms with Crippen LogP contribution in [0.4, 0.5) is 11.5 Å². The number of rotatable bonds is 5. The van der Waals surface area contributed by atoms with Crippen LogP contribution in [0, 0.1) is 0 Å². The summed E-state index contributed by atoms with van der Waals surface area (Å²) in [5.41, 5.74) is 13.1. The highest BCUT2D eigenvalue weighted by atomic mass is 32.3. The van der Waals surface area contributed by atoms with Crippen molar-refractivity contribution < 1.29 is 4.74 Å². The fraction of sp³-hybridized carbons (Fsp3) is 0.500. The van der Waals surface area contributed by atoms with Gasteiger partial charge in [-0.2, -0.15) is 5.10 Å². The molecule has 0 amide bonds. The van der Waals surface area contributed by atoms with Gasteiger partial charge in [-0.1, -0.05) is 0 Å². The number of hydrogen-bond acceptors (Lipinski definition) is 5. The Morgan fingerprint density at radius 2 is 2.00 bits per heavy atom. The second-order valence-electron chi connectivity index (χ2n) is 5.34. The summed E-state index contributed by atoms with van der Waals surface area (Å²) in [6.07, 6.45) is 10.0. The summed E-state index contributed by atoms with van der Waals surface area (Å²) < 4.78 is 7.38. The molecule has 0 aromatic carbocycles. The van der Waals surface area contributed by atoms with Crippen LogP contribution in [0.25, 0.3) is 10.9 Å². The van der Waals surface area contributed by atoms with Gasteiger partial charge in [-0.15, -0.1) is 0 Å². The van der Waals surface area contributed by atoms with Crippen LogP contribution in [0.3, 0.4) is 0 Å². The summed E-state index contributed by atoms with van der Waals surface area (Å²) in [4.78, 5) is 4.01. The molecule has 6 nitrogen and oxygen atoms in total. The van der Waals surface area contributed by atoms with Gasteiger partial charge >= 0.3 is 0 Å². The van der Waals surface area contributed by atoms with Crippen LogP contribution < -0.4 is 11.5 Å². The largest absolute Gasteiger partial charge is 0.396 e. The zero-order valence-electron chi connectivity index (χ0n) is 11.6. The molecule has 2 aromatic rings. The normalized spacial score (nSPS) is 13.0. The van der Waals surface area contributed by atoms with Crippen LogP contribution in [-0.4, -0.2) is 45.9 Å². The Kier molecular flexibility index (Phi) is 3.86. The predicted octanol–water partition coefficient (Wildman–Crippen LogP) is 1.26. The molecule has 0 aliphatic carbocycles. The maximum atomic E-state index is 5.91. The van der Waals surface area contributed by atoms with Gasteiger partial charge in [-0.25, -0.2) is 19.7 Å². The van der Waals surface area contributed by atoms with Crippen LogP contribution in [0.5, 0.6) is 0 Å². The number of nitrogen functional groups attached to an aromatic ring is 2. The fourth-order valence-electron chi connectivity index (χ4n) is 1.70. The first-order valence-corrected chi connectivity index (χ1v) is 9.00. The number of ether oxygens (including phenoxy) is 1. The molecule has 0 bridgehead atoms. The highest BCUT2D eigenvalue weighted by Gasteiger charge is 2.10. The summed E-state index contributed by atoms with van der Waals surface area (Å²) in [5, 5.41) is 5.02. The average molecular weight is 283 g/mol. The zero-order chi connectivity index (χ0) is 14.0. The summed E-state index contributed by atoms with van der Waals surface area (Å²) in [7, 11) is -0.532. The lowest BCUT2D eigenvalue weighted by Gasteiger charge is -2.24. The Bertz CT molecular complexity index is 575. The van der Waals surface area contributed by atoms with Crippen molar-refractivity contribution in [3.8, 4) is 0 Å². The molecule has 0 saturated heterocycles. The van der Waals surface area contributed by atoms with Crippen molar-refractivity contribution in [2.24, 2.45) is 0 Å². The maximum absolute atomic E-state index is 5.91. The standard InChI is InChI=1S/C12H21N5OS/c1-19(2,3)5-4-18-8-17-11-9(6-16-17)12(14)15-7-10(11)13/h6-7H,4-5,8,13H2,1-3H3,(H2,14,15). The number of anilines is 2. The van der Waals surface area contributed by atoms with E-state index in [1.807, 2.05) is 0 Å². The molecule has 0 spiro atoms. The maximum Gasteiger partial charge on any atom is 0.140 e. The molecular weight excluding hydrogens is 262 g/mol. The molecule has 0 saturated carbocycles. The van der Waals surface area contributed by atoms with E-state index < -0.39 is 10.0 Å². The van der Waals surface area contributed by atoms with E-state index in [0.717, 1.165) is 23.3 Å². The lowest BCUT2D eigenvalue weighted by Crippen LogP contribution is -2.11. The number of hydrogen-bond donors (Lipinski definition) is 2. The Morgan fingerprint density at radius 1 is 1.26 bits per heavy atom. The monoisotopic (exact) mass is 283 g/mol. The third kappa shape index (κ3) is 3.30.